The Morgan fingerprint density at radius 2 is 1.83 bits per heavy atom. The number of rotatable bonds is 8. The van der Waals surface area contributed by atoms with Gasteiger partial charge in [0.1, 0.15) is 0 Å². The lowest BCUT2D eigenvalue weighted by Crippen LogP contribution is -2.21. The molecule has 1 aliphatic rings. The molecule has 0 bridgehead atoms. The second-order valence-corrected chi connectivity index (χ2v) is 8.05. The van der Waals surface area contributed by atoms with Gasteiger partial charge in [-0.3, -0.25) is 9.47 Å². The van der Waals surface area contributed by atoms with Crippen molar-refractivity contribution in [2.24, 2.45) is 0 Å². The van der Waals surface area contributed by atoms with Crippen LogP contribution in [0.5, 0.6) is 0 Å². The van der Waals surface area contributed by atoms with E-state index in [0.717, 1.165) is 34.7 Å². The highest BCUT2D eigenvalue weighted by atomic mass is 32.2. The van der Waals surface area contributed by atoms with E-state index in [1.54, 1.807) is 0 Å². The van der Waals surface area contributed by atoms with Crippen LogP contribution in [0.1, 0.15) is 25.6 Å². The van der Waals surface area contributed by atoms with Gasteiger partial charge in [-0.15, -0.1) is 10.2 Å². The minimum absolute atomic E-state index is 0.895. The van der Waals surface area contributed by atoms with E-state index in [4.69, 9.17) is 0 Å². The number of hydrogen-bond acceptors (Lipinski definition) is 5. The van der Waals surface area contributed by atoms with Crippen molar-refractivity contribution in [1.82, 2.24) is 19.7 Å². The van der Waals surface area contributed by atoms with Gasteiger partial charge in [-0.05, 0) is 43.8 Å². The van der Waals surface area contributed by atoms with E-state index in [-0.39, 0.29) is 0 Å². The third kappa shape index (κ3) is 4.52. The summed E-state index contributed by atoms with van der Waals surface area (Å²) in [5.41, 5.74) is 1.16. The highest BCUT2D eigenvalue weighted by molar-refractivity contribution is 8.02. The number of hydrogen-bond donors (Lipinski definition) is 0. The smallest absolute Gasteiger partial charge is 0.195 e. The number of likely N-dealkylation sites (tertiary alicyclic amines) is 1. The third-order valence-corrected chi connectivity index (χ3v) is 6.03. The molecule has 1 aromatic heterocycles. The first-order valence-electron chi connectivity index (χ1n) is 8.31. The molecular weight excluding hydrogens is 324 g/mol. The van der Waals surface area contributed by atoms with Crippen molar-refractivity contribution in [2.75, 3.05) is 30.3 Å². The topological polar surface area (TPSA) is 34.0 Å². The van der Waals surface area contributed by atoms with Crippen LogP contribution in [0.3, 0.4) is 0 Å². The Balaban J connectivity index is 1.79. The van der Waals surface area contributed by atoms with Gasteiger partial charge in [0.15, 0.2) is 11.0 Å². The second kappa shape index (κ2) is 8.76. The molecule has 2 heterocycles. The third-order valence-electron chi connectivity index (χ3n) is 3.94. The van der Waals surface area contributed by atoms with E-state index in [0.29, 0.717) is 0 Å². The fourth-order valence-corrected chi connectivity index (χ4v) is 4.52. The second-order valence-electron chi connectivity index (χ2n) is 5.60. The van der Waals surface area contributed by atoms with Crippen LogP contribution in [0.15, 0.2) is 35.5 Å². The molecule has 4 nitrogen and oxygen atoms in total. The van der Waals surface area contributed by atoms with Crippen molar-refractivity contribution < 1.29 is 0 Å². The van der Waals surface area contributed by atoms with Crippen molar-refractivity contribution >= 4 is 23.5 Å². The monoisotopic (exact) mass is 348 g/mol. The maximum absolute atomic E-state index is 4.50. The summed E-state index contributed by atoms with van der Waals surface area (Å²) in [6, 6.07) is 10.5. The van der Waals surface area contributed by atoms with Crippen LogP contribution in [-0.4, -0.2) is 50.0 Å². The van der Waals surface area contributed by atoms with E-state index in [9.17, 15) is 0 Å². The molecule has 1 saturated heterocycles. The molecule has 0 aliphatic carbocycles. The molecule has 6 heteroatoms. The number of nitrogens with zero attached hydrogens (tertiary/aromatic N) is 4. The molecular formula is C17H24N4S2. The molecule has 1 aliphatic heterocycles. The van der Waals surface area contributed by atoms with Crippen LogP contribution >= 0.6 is 23.5 Å². The first kappa shape index (κ1) is 16.9. The fraction of sp³-hybridized carbons (Fsp3) is 0.529. The molecule has 0 amide bonds. The van der Waals surface area contributed by atoms with Gasteiger partial charge in [-0.2, -0.15) is 11.8 Å². The Labute approximate surface area is 147 Å². The fourth-order valence-electron chi connectivity index (χ4n) is 2.81. The average Bonchev–Trinajstić information content (AvgIpc) is 3.23. The number of benzene rings is 1. The largest absolute Gasteiger partial charge is 0.296 e. The van der Waals surface area contributed by atoms with Crippen LogP contribution in [0, 0.1) is 0 Å². The molecule has 124 valence electrons. The van der Waals surface area contributed by atoms with Gasteiger partial charge in [0.05, 0.1) is 6.54 Å². The molecule has 1 fully saturated rings. The standard InChI is InChI=1S/C17H24N4S2/c1-2-22-12-13-23-17-19-18-16(14-20-10-6-7-11-20)21(17)15-8-4-3-5-9-15/h3-5,8-9H,2,6-7,10-14H2,1H3. The van der Waals surface area contributed by atoms with Gasteiger partial charge in [-0.1, -0.05) is 36.9 Å². The SMILES string of the molecule is CCSCCSc1nnc(CN2CCCC2)n1-c1ccccc1. The predicted molar refractivity (Wildman–Crippen MR) is 99.6 cm³/mol. The molecule has 0 spiro atoms. The number of para-hydroxylation sites is 1. The van der Waals surface area contributed by atoms with Crippen molar-refractivity contribution in [3.63, 3.8) is 0 Å². The Morgan fingerprint density at radius 3 is 2.57 bits per heavy atom. The molecule has 0 atom stereocenters. The van der Waals surface area contributed by atoms with E-state index in [1.165, 1.54) is 31.7 Å². The Morgan fingerprint density at radius 1 is 1.04 bits per heavy atom. The van der Waals surface area contributed by atoms with Crippen LogP contribution in [0.4, 0.5) is 0 Å². The maximum atomic E-state index is 4.50. The highest BCUT2D eigenvalue weighted by Crippen LogP contribution is 2.24. The molecule has 0 unspecified atom stereocenters. The average molecular weight is 349 g/mol. The van der Waals surface area contributed by atoms with Crippen LogP contribution in [0.2, 0.25) is 0 Å². The summed E-state index contributed by atoms with van der Waals surface area (Å²) in [6.07, 6.45) is 2.60. The summed E-state index contributed by atoms with van der Waals surface area (Å²) in [5, 5.41) is 9.99. The summed E-state index contributed by atoms with van der Waals surface area (Å²) in [7, 11) is 0. The summed E-state index contributed by atoms with van der Waals surface area (Å²) in [4.78, 5) is 2.48. The molecule has 3 rings (SSSR count). The molecule has 1 aromatic carbocycles. The minimum atomic E-state index is 0.895. The predicted octanol–water partition coefficient (Wildman–Crippen LogP) is 3.71. The van der Waals surface area contributed by atoms with Gasteiger partial charge >= 0.3 is 0 Å². The lowest BCUT2D eigenvalue weighted by molar-refractivity contribution is 0.319. The number of thioether (sulfide) groups is 2. The zero-order chi connectivity index (χ0) is 15.9. The van der Waals surface area contributed by atoms with Crippen molar-refractivity contribution in [3.05, 3.63) is 36.2 Å². The molecule has 0 radical (unpaired) electrons. The highest BCUT2D eigenvalue weighted by Gasteiger charge is 2.19. The Hall–Kier alpha value is -0.980. The van der Waals surface area contributed by atoms with E-state index < -0.39 is 0 Å². The van der Waals surface area contributed by atoms with E-state index >= 15 is 0 Å². The van der Waals surface area contributed by atoms with Gasteiger partial charge < -0.3 is 0 Å². The first-order chi connectivity index (χ1) is 11.4. The molecule has 23 heavy (non-hydrogen) atoms. The van der Waals surface area contributed by atoms with Crippen molar-refractivity contribution in [3.8, 4) is 5.69 Å². The van der Waals surface area contributed by atoms with Crippen LogP contribution in [-0.2, 0) is 6.54 Å². The van der Waals surface area contributed by atoms with Gasteiger partial charge in [-0.25, -0.2) is 0 Å². The van der Waals surface area contributed by atoms with Gasteiger partial charge in [0.25, 0.3) is 0 Å². The van der Waals surface area contributed by atoms with Crippen molar-refractivity contribution in [1.29, 1.82) is 0 Å². The summed E-state index contributed by atoms with van der Waals surface area (Å²) in [6.45, 7) is 5.46. The molecule has 0 N–H and O–H groups in total. The van der Waals surface area contributed by atoms with E-state index in [1.807, 2.05) is 23.5 Å². The van der Waals surface area contributed by atoms with Gasteiger partial charge in [0.2, 0.25) is 0 Å². The van der Waals surface area contributed by atoms with Crippen LogP contribution in [0.25, 0.3) is 5.69 Å². The summed E-state index contributed by atoms with van der Waals surface area (Å²) >= 11 is 3.79. The lowest BCUT2D eigenvalue weighted by atomic mass is 10.3. The first-order valence-corrected chi connectivity index (χ1v) is 10.4. The Bertz CT molecular complexity index is 594. The normalized spacial score (nSPS) is 15.3. The van der Waals surface area contributed by atoms with E-state index in [2.05, 4.69) is 56.9 Å². The maximum Gasteiger partial charge on any atom is 0.195 e. The van der Waals surface area contributed by atoms with Crippen LogP contribution < -0.4 is 0 Å². The van der Waals surface area contributed by atoms with Gasteiger partial charge in [0, 0.05) is 17.2 Å². The lowest BCUT2D eigenvalue weighted by Gasteiger charge is -2.15. The molecule has 2 aromatic rings. The zero-order valence-electron chi connectivity index (χ0n) is 13.6. The minimum Gasteiger partial charge on any atom is -0.296 e. The number of aromatic nitrogens is 3. The summed E-state index contributed by atoms with van der Waals surface area (Å²) < 4.78 is 2.24. The van der Waals surface area contributed by atoms with Crippen molar-refractivity contribution in [2.45, 2.75) is 31.5 Å². The summed E-state index contributed by atoms with van der Waals surface area (Å²) in [5.74, 6) is 4.47. The molecule has 0 saturated carbocycles. The zero-order valence-corrected chi connectivity index (χ0v) is 15.3. The quantitative estimate of drug-likeness (QED) is 0.537. The Kier molecular flexibility index (Phi) is 6.42.